The number of pyridine rings is 1. The molecule has 0 atom stereocenters. The van der Waals surface area contributed by atoms with E-state index in [0.29, 0.717) is 5.69 Å². The maximum absolute atomic E-state index is 11.3. The fraction of sp³-hybridized carbons (Fsp3) is 0.357. The van der Waals surface area contributed by atoms with Crippen molar-refractivity contribution in [3.63, 3.8) is 0 Å². The van der Waals surface area contributed by atoms with E-state index in [1.54, 1.807) is 10.7 Å². The molecule has 5 nitrogen and oxygen atoms in total. The minimum Gasteiger partial charge on any atom is -0.478 e. The topological polar surface area (TPSA) is 68.0 Å². The van der Waals surface area contributed by atoms with Crippen LogP contribution >= 0.6 is 0 Å². The van der Waals surface area contributed by atoms with Gasteiger partial charge in [0.1, 0.15) is 5.56 Å². The average Bonchev–Trinajstić information content (AvgIpc) is 2.81. The number of carboxylic acid groups (broad SMARTS) is 1. The molecule has 0 spiro atoms. The predicted octanol–water partition coefficient (Wildman–Crippen LogP) is 2.40. The van der Waals surface area contributed by atoms with Crippen LogP contribution in [0.3, 0.4) is 0 Å². The van der Waals surface area contributed by atoms with Gasteiger partial charge < -0.3 is 5.11 Å². The molecule has 0 unspecified atom stereocenters. The van der Waals surface area contributed by atoms with E-state index >= 15 is 0 Å². The number of nitrogens with zero attached hydrogens (tertiary/aromatic N) is 3. The Hall–Kier alpha value is -2.17. The summed E-state index contributed by atoms with van der Waals surface area (Å²) in [7, 11) is 0. The molecule has 19 heavy (non-hydrogen) atoms. The molecule has 0 fully saturated rings. The summed E-state index contributed by atoms with van der Waals surface area (Å²) in [5.74, 6) is -0.988. The summed E-state index contributed by atoms with van der Waals surface area (Å²) in [6, 6.07) is 3.77. The van der Waals surface area contributed by atoms with Crippen molar-refractivity contribution in [1.29, 1.82) is 0 Å². The Morgan fingerprint density at radius 3 is 2.63 bits per heavy atom. The molecule has 0 aliphatic rings. The second-order valence-corrected chi connectivity index (χ2v) is 4.39. The van der Waals surface area contributed by atoms with Gasteiger partial charge in [-0.25, -0.2) is 9.48 Å². The van der Waals surface area contributed by atoms with Gasteiger partial charge in [0, 0.05) is 17.6 Å². The van der Waals surface area contributed by atoms with Crippen LogP contribution in [-0.4, -0.2) is 25.8 Å². The molecule has 0 saturated heterocycles. The first-order valence-electron chi connectivity index (χ1n) is 6.35. The van der Waals surface area contributed by atoms with Crippen molar-refractivity contribution in [2.75, 3.05) is 0 Å². The first-order valence-corrected chi connectivity index (χ1v) is 6.35. The first kappa shape index (κ1) is 13.3. The van der Waals surface area contributed by atoms with E-state index in [9.17, 15) is 9.90 Å². The third kappa shape index (κ3) is 2.50. The summed E-state index contributed by atoms with van der Waals surface area (Å²) in [5, 5.41) is 13.7. The molecule has 2 aromatic heterocycles. The molecular formula is C14H17N3O2. The van der Waals surface area contributed by atoms with E-state index in [2.05, 4.69) is 10.1 Å². The molecule has 0 aliphatic heterocycles. The number of aromatic nitrogens is 3. The van der Waals surface area contributed by atoms with Crippen molar-refractivity contribution in [2.24, 2.45) is 0 Å². The van der Waals surface area contributed by atoms with Gasteiger partial charge in [-0.1, -0.05) is 13.8 Å². The lowest BCUT2D eigenvalue weighted by atomic mass is 10.2. The van der Waals surface area contributed by atoms with Crippen LogP contribution in [0.25, 0.3) is 5.69 Å². The summed E-state index contributed by atoms with van der Waals surface area (Å²) in [5.41, 5.74) is 3.49. The zero-order valence-corrected chi connectivity index (χ0v) is 11.3. The summed E-state index contributed by atoms with van der Waals surface area (Å²) in [6.45, 7) is 5.90. The molecule has 0 amide bonds. The van der Waals surface area contributed by atoms with Gasteiger partial charge in [-0.05, 0) is 31.9 Å². The third-order valence-electron chi connectivity index (χ3n) is 3.04. The van der Waals surface area contributed by atoms with Gasteiger partial charge in [0.25, 0.3) is 0 Å². The summed E-state index contributed by atoms with van der Waals surface area (Å²) in [4.78, 5) is 15.3. The van der Waals surface area contributed by atoms with Crippen LogP contribution in [0.15, 0.2) is 18.3 Å². The van der Waals surface area contributed by atoms with Gasteiger partial charge in [0.2, 0.25) is 0 Å². The van der Waals surface area contributed by atoms with Gasteiger partial charge in [0.15, 0.2) is 0 Å². The maximum Gasteiger partial charge on any atom is 0.339 e. The van der Waals surface area contributed by atoms with Gasteiger partial charge in [-0.2, -0.15) is 5.10 Å². The highest BCUT2D eigenvalue weighted by atomic mass is 16.4. The molecule has 0 radical (unpaired) electrons. The van der Waals surface area contributed by atoms with Gasteiger partial charge in [0.05, 0.1) is 11.4 Å². The molecular weight excluding hydrogens is 242 g/mol. The number of aryl methyl sites for hydroxylation is 3. The van der Waals surface area contributed by atoms with E-state index in [4.69, 9.17) is 0 Å². The number of hydrogen-bond acceptors (Lipinski definition) is 3. The van der Waals surface area contributed by atoms with Gasteiger partial charge >= 0.3 is 5.97 Å². The zero-order valence-electron chi connectivity index (χ0n) is 11.3. The van der Waals surface area contributed by atoms with Crippen LogP contribution in [0.4, 0.5) is 0 Å². The van der Waals surface area contributed by atoms with Crippen LogP contribution < -0.4 is 0 Å². The van der Waals surface area contributed by atoms with Crippen molar-refractivity contribution in [2.45, 2.75) is 33.6 Å². The van der Waals surface area contributed by atoms with Crippen molar-refractivity contribution in [3.8, 4) is 5.69 Å². The highest BCUT2D eigenvalue weighted by Gasteiger charge is 2.16. The van der Waals surface area contributed by atoms with E-state index in [0.717, 1.165) is 29.9 Å². The molecule has 2 rings (SSSR count). The molecule has 0 saturated carbocycles. The Bertz CT molecular complexity index is 617. The summed E-state index contributed by atoms with van der Waals surface area (Å²) in [6.07, 6.45) is 3.01. The summed E-state index contributed by atoms with van der Waals surface area (Å²) < 4.78 is 1.72. The predicted molar refractivity (Wildman–Crippen MR) is 71.8 cm³/mol. The fourth-order valence-electron chi connectivity index (χ4n) is 1.99. The normalized spacial score (nSPS) is 10.7. The van der Waals surface area contributed by atoms with E-state index in [-0.39, 0.29) is 5.56 Å². The average molecular weight is 259 g/mol. The lowest BCUT2D eigenvalue weighted by Gasteiger charge is -2.09. The molecule has 5 heteroatoms. The number of hydrogen-bond donors (Lipinski definition) is 1. The number of carbonyl (C=O) groups is 1. The molecule has 0 aliphatic carbocycles. The largest absolute Gasteiger partial charge is 0.478 e. The highest BCUT2D eigenvalue weighted by molar-refractivity contribution is 5.91. The molecule has 2 aromatic rings. The number of carboxylic acids is 1. The second kappa shape index (κ2) is 5.22. The summed E-state index contributed by atoms with van der Waals surface area (Å²) >= 11 is 0. The standard InChI is InChI=1S/C14H17N3O2/c1-4-10-7-11(5-2)17(16-10)13-6-9(3)15-8-12(13)14(18)19/h6-8H,4-5H2,1-3H3,(H,18,19). The second-order valence-electron chi connectivity index (χ2n) is 4.39. The van der Waals surface area contributed by atoms with Crippen molar-refractivity contribution in [1.82, 2.24) is 14.8 Å². The molecule has 2 heterocycles. The van der Waals surface area contributed by atoms with Crippen LogP contribution in [0.2, 0.25) is 0 Å². The smallest absolute Gasteiger partial charge is 0.339 e. The van der Waals surface area contributed by atoms with Gasteiger partial charge in [-0.15, -0.1) is 0 Å². The number of rotatable bonds is 4. The minimum absolute atomic E-state index is 0.172. The molecule has 100 valence electrons. The van der Waals surface area contributed by atoms with Crippen LogP contribution in [-0.2, 0) is 12.8 Å². The first-order chi connectivity index (χ1) is 9.06. The molecule has 0 bridgehead atoms. The minimum atomic E-state index is -0.988. The van der Waals surface area contributed by atoms with E-state index in [1.807, 2.05) is 26.8 Å². The van der Waals surface area contributed by atoms with Crippen molar-refractivity contribution < 1.29 is 9.90 Å². The Morgan fingerprint density at radius 1 is 1.32 bits per heavy atom. The van der Waals surface area contributed by atoms with Crippen molar-refractivity contribution >= 4 is 5.97 Å². The van der Waals surface area contributed by atoms with Crippen LogP contribution in [0.5, 0.6) is 0 Å². The van der Waals surface area contributed by atoms with Crippen molar-refractivity contribution in [3.05, 3.63) is 41.0 Å². The Kier molecular flexibility index (Phi) is 3.64. The van der Waals surface area contributed by atoms with Gasteiger partial charge in [-0.3, -0.25) is 4.98 Å². The Morgan fingerprint density at radius 2 is 2.05 bits per heavy atom. The Labute approximate surface area is 111 Å². The maximum atomic E-state index is 11.3. The quantitative estimate of drug-likeness (QED) is 0.915. The lowest BCUT2D eigenvalue weighted by molar-refractivity contribution is 0.0696. The molecule has 0 aromatic carbocycles. The molecule has 1 N–H and O–H groups in total. The lowest BCUT2D eigenvalue weighted by Crippen LogP contribution is -2.10. The monoisotopic (exact) mass is 259 g/mol. The SMILES string of the molecule is CCc1cc(CC)n(-c2cc(C)ncc2C(=O)O)n1. The third-order valence-corrected chi connectivity index (χ3v) is 3.04. The zero-order chi connectivity index (χ0) is 14.0. The van der Waals surface area contributed by atoms with E-state index < -0.39 is 5.97 Å². The van der Waals surface area contributed by atoms with Crippen LogP contribution in [0, 0.1) is 6.92 Å². The fourth-order valence-corrected chi connectivity index (χ4v) is 1.99. The Balaban J connectivity index is 2.66. The van der Waals surface area contributed by atoms with Crippen LogP contribution in [0.1, 0.15) is 41.3 Å². The van der Waals surface area contributed by atoms with E-state index in [1.165, 1.54) is 6.20 Å². The number of aromatic carboxylic acids is 1. The highest BCUT2D eigenvalue weighted by Crippen LogP contribution is 2.18.